The summed E-state index contributed by atoms with van der Waals surface area (Å²) in [6.07, 6.45) is 1.75. The molecule has 0 spiro atoms. The molecule has 0 aliphatic heterocycles. The number of rotatable bonds is 5. The Bertz CT molecular complexity index is 640. The van der Waals surface area contributed by atoms with Gasteiger partial charge in [0.2, 0.25) is 0 Å². The summed E-state index contributed by atoms with van der Waals surface area (Å²) in [4.78, 5) is 17.6. The van der Waals surface area contributed by atoms with E-state index in [0.29, 0.717) is 6.04 Å². The van der Waals surface area contributed by atoms with Crippen molar-refractivity contribution in [2.24, 2.45) is 0 Å². The number of hydrogen-bond acceptors (Lipinski definition) is 5. The van der Waals surface area contributed by atoms with Crippen molar-refractivity contribution in [2.75, 3.05) is 30.9 Å². The zero-order chi connectivity index (χ0) is 15.4. The average molecular weight is 287 g/mol. The minimum Gasteiger partial charge on any atom is -0.468 e. The van der Waals surface area contributed by atoms with Crippen LogP contribution >= 0.6 is 0 Å². The second kappa shape index (κ2) is 6.43. The van der Waals surface area contributed by atoms with Crippen LogP contribution in [0.3, 0.4) is 0 Å². The number of ether oxygens (including phenoxy) is 1. The number of nitrogens with zero attached hydrogens (tertiary/aromatic N) is 2. The largest absolute Gasteiger partial charge is 0.468 e. The molecular formula is C16H21N3O2. The summed E-state index contributed by atoms with van der Waals surface area (Å²) in [5, 5.41) is 5.48. The molecule has 1 N–H and O–H groups in total. The lowest BCUT2D eigenvalue weighted by Gasteiger charge is -2.19. The van der Waals surface area contributed by atoms with E-state index in [-0.39, 0.29) is 12.5 Å². The standard InChI is InChI=1S/C16H21N3O2/c1-11(2)18-13-5-6-14-12(9-13)7-8-17-16(14)19(3)10-15(20)21-4/h5-9,11,18H,10H2,1-4H3. The number of aromatic nitrogens is 1. The van der Waals surface area contributed by atoms with E-state index in [9.17, 15) is 4.79 Å². The van der Waals surface area contributed by atoms with Gasteiger partial charge in [-0.1, -0.05) is 0 Å². The van der Waals surface area contributed by atoms with Crippen LogP contribution < -0.4 is 10.2 Å². The van der Waals surface area contributed by atoms with Crippen LogP contribution in [0, 0.1) is 0 Å². The van der Waals surface area contributed by atoms with Crippen LogP contribution in [-0.2, 0) is 9.53 Å². The molecule has 1 heterocycles. The molecule has 0 aliphatic rings. The molecule has 0 atom stereocenters. The highest BCUT2D eigenvalue weighted by Crippen LogP contribution is 2.26. The molecule has 112 valence electrons. The number of fused-ring (bicyclic) bond motifs is 1. The number of carbonyl (C=O) groups excluding carboxylic acids is 1. The topological polar surface area (TPSA) is 54.5 Å². The van der Waals surface area contributed by atoms with Gasteiger partial charge >= 0.3 is 5.97 Å². The Morgan fingerprint density at radius 3 is 2.81 bits per heavy atom. The van der Waals surface area contributed by atoms with Crippen molar-refractivity contribution in [1.29, 1.82) is 0 Å². The van der Waals surface area contributed by atoms with Gasteiger partial charge < -0.3 is 15.0 Å². The maximum Gasteiger partial charge on any atom is 0.325 e. The average Bonchev–Trinajstić information content (AvgIpc) is 2.45. The van der Waals surface area contributed by atoms with Gasteiger partial charge in [0.25, 0.3) is 0 Å². The number of benzene rings is 1. The first-order valence-electron chi connectivity index (χ1n) is 6.94. The fourth-order valence-corrected chi connectivity index (χ4v) is 2.22. The molecule has 0 aliphatic carbocycles. The summed E-state index contributed by atoms with van der Waals surface area (Å²) in [6.45, 7) is 4.38. The van der Waals surface area contributed by atoms with Crippen molar-refractivity contribution in [3.8, 4) is 0 Å². The van der Waals surface area contributed by atoms with Crippen molar-refractivity contribution in [3.63, 3.8) is 0 Å². The van der Waals surface area contributed by atoms with Crippen molar-refractivity contribution in [2.45, 2.75) is 19.9 Å². The molecule has 1 aromatic carbocycles. The Kier molecular flexibility index (Phi) is 4.62. The monoisotopic (exact) mass is 287 g/mol. The zero-order valence-electron chi connectivity index (χ0n) is 12.9. The molecule has 2 aromatic rings. The van der Waals surface area contributed by atoms with Gasteiger partial charge in [-0.25, -0.2) is 4.98 Å². The highest BCUT2D eigenvalue weighted by molar-refractivity contribution is 5.95. The van der Waals surface area contributed by atoms with E-state index in [1.807, 2.05) is 25.2 Å². The Labute approximate surface area is 124 Å². The first-order valence-corrected chi connectivity index (χ1v) is 6.94. The quantitative estimate of drug-likeness (QED) is 0.857. The smallest absolute Gasteiger partial charge is 0.325 e. The minimum atomic E-state index is -0.283. The summed E-state index contributed by atoms with van der Waals surface area (Å²) >= 11 is 0. The Morgan fingerprint density at radius 2 is 2.14 bits per heavy atom. The van der Waals surface area contributed by atoms with Crippen LogP contribution in [0.15, 0.2) is 30.5 Å². The van der Waals surface area contributed by atoms with Gasteiger partial charge in [-0.05, 0) is 43.5 Å². The number of anilines is 2. The van der Waals surface area contributed by atoms with Crippen LogP contribution in [0.4, 0.5) is 11.5 Å². The SMILES string of the molecule is COC(=O)CN(C)c1nccc2cc(NC(C)C)ccc12. The summed E-state index contributed by atoms with van der Waals surface area (Å²) in [6, 6.07) is 8.49. The summed E-state index contributed by atoms with van der Waals surface area (Å²) < 4.78 is 4.70. The highest BCUT2D eigenvalue weighted by atomic mass is 16.5. The van der Waals surface area contributed by atoms with Crippen LogP contribution in [-0.4, -0.2) is 37.7 Å². The van der Waals surface area contributed by atoms with Crippen LogP contribution in [0.5, 0.6) is 0 Å². The lowest BCUT2D eigenvalue weighted by Crippen LogP contribution is -2.27. The van der Waals surface area contributed by atoms with Gasteiger partial charge in [0.05, 0.1) is 7.11 Å². The van der Waals surface area contributed by atoms with E-state index < -0.39 is 0 Å². The second-order valence-corrected chi connectivity index (χ2v) is 5.30. The predicted molar refractivity (Wildman–Crippen MR) is 85.8 cm³/mol. The number of likely N-dealkylation sites (N-methyl/N-ethyl adjacent to an activating group) is 1. The number of nitrogens with one attached hydrogen (secondary N) is 1. The van der Waals surface area contributed by atoms with Gasteiger partial charge in [-0.2, -0.15) is 0 Å². The molecule has 0 saturated carbocycles. The normalized spacial score (nSPS) is 10.7. The van der Waals surface area contributed by atoms with Crippen molar-refractivity contribution in [3.05, 3.63) is 30.5 Å². The minimum absolute atomic E-state index is 0.175. The number of esters is 1. The van der Waals surface area contributed by atoms with Crippen LogP contribution in [0.1, 0.15) is 13.8 Å². The lowest BCUT2D eigenvalue weighted by molar-refractivity contribution is -0.138. The number of hydrogen-bond donors (Lipinski definition) is 1. The Balaban J connectivity index is 2.35. The van der Waals surface area contributed by atoms with Gasteiger partial charge in [-0.15, -0.1) is 0 Å². The molecule has 5 heteroatoms. The van der Waals surface area contributed by atoms with E-state index in [4.69, 9.17) is 4.74 Å². The van der Waals surface area contributed by atoms with Crippen molar-refractivity contribution >= 4 is 28.2 Å². The second-order valence-electron chi connectivity index (χ2n) is 5.30. The molecular weight excluding hydrogens is 266 g/mol. The third-order valence-electron chi connectivity index (χ3n) is 3.15. The maximum atomic E-state index is 11.4. The van der Waals surface area contributed by atoms with Gasteiger partial charge in [0, 0.05) is 30.4 Å². The van der Waals surface area contributed by atoms with Gasteiger partial charge in [0.1, 0.15) is 12.4 Å². The van der Waals surface area contributed by atoms with Crippen LogP contribution in [0.25, 0.3) is 10.8 Å². The molecule has 0 fully saturated rings. The number of carbonyl (C=O) groups is 1. The fourth-order valence-electron chi connectivity index (χ4n) is 2.22. The third-order valence-corrected chi connectivity index (χ3v) is 3.15. The first kappa shape index (κ1) is 15.1. The summed E-state index contributed by atoms with van der Waals surface area (Å²) in [5.74, 6) is 0.489. The Hall–Kier alpha value is -2.30. The third kappa shape index (κ3) is 3.62. The molecule has 0 saturated heterocycles. The van der Waals surface area contributed by atoms with Gasteiger partial charge in [0.15, 0.2) is 0 Å². The van der Waals surface area contributed by atoms with E-state index in [1.54, 1.807) is 11.1 Å². The number of methoxy groups -OCH3 is 1. The molecule has 0 radical (unpaired) electrons. The first-order chi connectivity index (χ1) is 10.0. The van der Waals surface area contributed by atoms with Crippen LogP contribution in [0.2, 0.25) is 0 Å². The predicted octanol–water partition coefficient (Wildman–Crippen LogP) is 2.66. The van der Waals surface area contributed by atoms with E-state index >= 15 is 0 Å². The fraction of sp³-hybridized carbons (Fsp3) is 0.375. The van der Waals surface area contributed by atoms with E-state index in [1.165, 1.54) is 7.11 Å². The molecule has 5 nitrogen and oxygen atoms in total. The maximum absolute atomic E-state index is 11.4. The molecule has 1 aromatic heterocycles. The van der Waals surface area contributed by atoms with E-state index in [2.05, 4.69) is 30.2 Å². The van der Waals surface area contributed by atoms with Gasteiger partial charge in [-0.3, -0.25) is 4.79 Å². The lowest BCUT2D eigenvalue weighted by atomic mass is 10.1. The van der Waals surface area contributed by atoms with Crippen molar-refractivity contribution < 1.29 is 9.53 Å². The van der Waals surface area contributed by atoms with E-state index in [0.717, 1.165) is 22.3 Å². The number of pyridine rings is 1. The summed E-state index contributed by atoms with van der Waals surface area (Å²) in [5.41, 5.74) is 1.07. The molecule has 2 rings (SSSR count). The summed E-state index contributed by atoms with van der Waals surface area (Å²) in [7, 11) is 3.22. The Morgan fingerprint density at radius 1 is 1.38 bits per heavy atom. The molecule has 21 heavy (non-hydrogen) atoms. The molecule has 0 bridgehead atoms. The molecule has 0 unspecified atom stereocenters. The zero-order valence-corrected chi connectivity index (χ0v) is 12.9. The molecule has 0 amide bonds. The van der Waals surface area contributed by atoms with Crippen molar-refractivity contribution in [1.82, 2.24) is 4.98 Å². The highest BCUT2D eigenvalue weighted by Gasteiger charge is 2.12.